The standard InChI is InChI=1S/C22H26N2O5S/c1-4-11-29-17-6-5-16(12-18(17)28-3)13-19-21(26)24(22(27)30-19)14-20(25)23-9-7-15(2)8-10-23/h4-6,12-13,15H,1,7-11,14H2,2-3H3/b19-13+. The first-order valence-electron chi connectivity index (χ1n) is 9.87. The number of thioether (sulfide) groups is 1. The number of likely N-dealkylation sites (tertiary alicyclic amines) is 1. The molecule has 0 spiro atoms. The van der Waals surface area contributed by atoms with Gasteiger partial charge in [-0.15, -0.1) is 0 Å². The maximum absolute atomic E-state index is 12.7. The molecule has 160 valence electrons. The Bertz CT molecular complexity index is 874. The molecule has 8 heteroatoms. The van der Waals surface area contributed by atoms with Crippen LogP contribution in [-0.4, -0.2) is 60.2 Å². The number of amides is 3. The molecule has 1 aromatic carbocycles. The van der Waals surface area contributed by atoms with Gasteiger partial charge in [-0.2, -0.15) is 0 Å². The zero-order chi connectivity index (χ0) is 21.7. The smallest absolute Gasteiger partial charge is 0.294 e. The third-order valence-corrected chi connectivity index (χ3v) is 6.05. The summed E-state index contributed by atoms with van der Waals surface area (Å²) in [5, 5.41) is -0.428. The van der Waals surface area contributed by atoms with Gasteiger partial charge in [-0.1, -0.05) is 25.6 Å². The summed E-state index contributed by atoms with van der Waals surface area (Å²) >= 11 is 0.840. The molecular formula is C22H26N2O5S. The van der Waals surface area contributed by atoms with Crippen molar-refractivity contribution in [1.82, 2.24) is 9.80 Å². The van der Waals surface area contributed by atoms with E-state index >= 15 is 0 Å². The van der Waals surface area contributed by atoms with E-state index in [1.54, 1.807) is 35.3 Å². The van der Waals surface area contributed by atoms with Crippen LogP contribution in [0.25, 0.3) is 6.08 Å². The van der Waals surface area contributed by atoms with Crippen molar-refractivity contribution in [3.8, 4) is 11.5 Å². The van der Waals surface area contributed by atoms with E-state index in [2.05, 4.69) is 13.5 Å². The molecule has 2 saturated heterocycles. The first-order chi connectivity index (χ1) is 14.4. The number of nitrogens with zero attached hydrogens (tertiary/aromatic N) is 2. The molecule has 0 atom stereocenters. The number of piperidine rings is 1. The Morgan fingerprint density at radius 1 is 1.27 bits per heavy atom. The Kier molecular flexibility index (Phi) is 7.20. The van der Waals surface area contributed by atoms with Crippen LogP contribution in [0.15, 0.2) is 35.8 Å². The SMILES string of the molecule is C=CCOc1ccc(/C=C2/SC(=O)N(CC(=O)N3CCC(C)CC3)C2=O)cc1OC. The van der Waals surface area contributed by atoms with Crippen molar-refractivity contribution >= 4 is 34.9 Å². The topological polar surface area (TPSA) is 76.2 Å². The third-order valence-electron chi connectivity index (χ3n) is 5.15. The van der Waals surface area contributed by atoms with Crippen molar-refractivity contribution in [1.29, 1.82) is 0 Å². The molecule has 7 nitrogen and oxygen atoms in total. The van der Waals surface area contributed by atoms with E-state index in [9.17, 15) is 14.4 Å². The van der Waals surface area contributed by atoms with Gasteiger partial charge in [-0.3, -0.25) is 19.3 Å². The quantitative estimate of drug-likeness (QED) is 0.486. The van der Waals surface area contributed by atoms with Gasteiger partial charge in [-0.05, 0) is 54.3 Å². The number of methoxy groups -OCH3 is 1. The third kappa shape index (κ3) is 5.05. The number of ether oxygens (including phenoxy) is 2. The fourth-order valence-corrected chi connectivity index (χ4v) is 4.16. The Balaban J connectivity index is 1.70. The van der Waals surface area contributed by atoms with Crippen LogP contribution < -0.4 is 9.47 Å². The molecule has 0 bridgehead atoms. The molecular weight excluding hydrogens is 404 g/mol. The Morgan fingerprint density at radius 2 is 2.00 bits per heavy atom. The summed E-state index contributed by atoms with van der Waals surface area (Å²) in [5.41, 5.74) is 0.694. The molecule has 30 heavy (non-hydrogen) atoms. The molecule has 0 radical (unpaired) electrons. The van der Waals surface area contributed by atoms with Crippen molar-refractivity contribution < 1.29 is 23.9 Å². The van der Waals surface area contributed by atoms with E-state index < -0.39 is 11.1 Å². The van der Waals surface area contributed by atoms with Gasteiger partial charge in [0, 0.05) is 13.1 Å². The second-order valence-corrected chi connectivity index (χ2v) is 8.33. The van der Waals surface area contributed by atoms with E-state index in [1.807, 2.05) is 0 Å². The van der Waals surface area contributed by atoms with Gasteiger partial charge < -0.3 is 14.4 Å². The van der Waals surface area contributed by atoms with Crippen molar-refractivity contribution in [2.75, 3.05) is 33.4 Å². The lowest BCUT2D eigenvalue weighted by Gasteiger charge is -2.31. The lowest BCUT2D eigenvalue weighted by molar-refractivity contribution is -0.136. The first-order valence-corrected chi connectivity index (χ1v) is 10.7. The second-order valence-electron chi connectivity index (χ2n) is 7.34. The molecule has 3 amide bonds. The minimum Gasteiger partial charge on any atom is -0.493 e. The van der Waals surface area contributed by atoms with Crippen LogP contribution in [-0.2, 0) is 9.59 Å². The summed E-state index contributed by atoms with van der Waals surface area (Å²) in [6.07, 6.45) is 5.15. The molecule has 2 aliphatic rings. The molecule has 0 unspecified atom stereocenters. The van der Waals surface area contributed by atoms with Gasteiger partial charge in [0.05, 0.1) is 12.0 Å². The van der Waals surface area contributed by atoms with Gasteiger partial charge in [-0.25, -0.2) is 0 Å². The molecule has 2 aliphatic heterocycles. The summed E-state index contributed by atoms with van der Waals surface area (Å²) in [6.45, 7) is 7.25. The molecule has 0 aliphatic carbocycles. The number of hydrogen-bond acceptors (Lipinski definition) is 6. The lowest BCUT2D eigenvalue weighted by atomic mass is 9.99. The molecule has 2 fully saturated rings. The van der Waals surface area contributed by atoms with Crippen LogP contribution in [0.4, 0.5) is 4.79 Å². The summed E-state index contributed by atoms with van der Waals surface area (Å²) in [5.74, 6) is 1.04. The van der Waals surface area contributed by atoms with Crippen molar-refractivity contribution in [2.45, 2.75) is 19.8 Å². The number of hydrogen-bond donors (Lipinski definition) is 0. The molecule has 3 rings (SSSR count). The van der Waals surface area contributed by atoms with E-state index in [0.29, 0.717) is 42.7 Å². The highest BCUT2D eigenvalue weighted by atomic mass is 32.2. The van der Waals surface area contributed by atoms with Gasteiger partial charge in [0.2, 0.25) is 5.91 Å². The van der Waals surface area contributed by atoms with Crippen LogP contribution in [0.5, 0.6) is 11.5 Å². The molecule has 0 aromatic heterocycles. The van der Waals surface area contributed by atoms with Crippen LogP contribution in [0.3, 0.4) is 0 Å². The van der Waals surface area contributed by atoms with Crippen LogP contribution >= 0.6 is 11.8 Å². The van der Waals surface area contributed by atoms with E-state index in [1.165, 1.54) is 7.11 Å². The summed E-state index contributed by atoms with van der Waals surface area (Å²) < 4.78 is 10.9. The number of benzene rings is 1. The Morgan fingerprint density at radius 3 is 2.67 bits per heavy atom. The first kappa shape index (κ1) is 22.0. The van der Waals surface area contributed by atoms with Crippen LogP contribution in [0, 0.1) is 5.92 Å². The zero-order valence-electron chi connectivity index (χ0n) is 17.3. The number of rotatable bonds is 7. The molecule has 2 heterocycles. The average molecular weight is 431 g/mol. The lowest BCUT2D eigenvalue weighted by Crippen LogP contribution is -2.45. The highest BCUT2D eigenvalue weighted by Crippen LogP contribution is 2.34. The highest BCUT2D eigenvalue weighted by Gasteiger charge is 2.37. The summed E-state index contributed by atoms with van der Waals surface area (Å²) in [7, 11) is 1.53. The fraction of sp³-hybridized carbons (Fsp3) is 0.409. The summed E-state index contributed by atoms with van der Waals surface area (Å²) in [6, 6.07) is 5.24. The van der Waals surface area contributed by atoms with Crippen molar-refractivity contribution in [3.63, 3.8) is 0 Å². The monoisotopic (exact) mass is 430 g/mol. The molecule has 1 aromatic rings. The minimum absolute atomic E-state index is 0.184. The van der Waals surface area contributed by atoms with Crippen molar-refractivity contribution in [3.05, 3.63) is 41.3 Å². The van der Waals surface area contributed by atoms with E-state index in [-0.39, 0.29) is 17.4 Å². The Labute approximate surface area is 180 Å². The predicted octanol–water partition coefficient (Wildman–Crippen LogP) is 3.55. The molecule has 0 N–H and O–H groups in total. The van der Waals surface area contributed by atoms with Crippen molar-refractivity contribution in [2.24, 2.45) is 5.92 Å². The fourth-order valence-electron chi connectivity index (χ4n) is 3.32. The maximum atomic E-state index is 12.7. The van der Waals surface area contributed by atoms with Gasteiger partial charge in [0.1, 0.15) is 13.2 Å². The summed E-state index contributed by atoms with van der Waals surface area (Å²) in [4.78, 5) is 40.7. The largest absolute Gasteiger partial charge is 0.493 e. The van der Waals surface area contributed by atoms with Gasteiger partial charge >= 0.3 is 0 Å². The van der Waals surface area contributed by atoms with E-state index in [0.717, 1.165) is 29.5 Å². The maximum Gasteiger partial charge on any atom is 0.294 e. The average Bonchev–Trinajstić information content (AvgIpc) is 3.00. The predicted molar refractivity (Wildman–Crippen MR) is 116 cm³/mol. The number of carbonyl (C=O) groups excluding carboxylic acids is 3. The molecule has 0 saturated carbocycles. The zero-order valence-corrected chi connectivity index (χ0v) is 18.1. The van der Waals surface area contributed by atoms with Gasteiger partial charge in [0.25, 0.3) is 11.1 Å². The van der Waals surface area contributed by atoms with Crippen LogP contribution in [0.2, 0.25) is 0 Å². The van der Waals surface area contributed by atoms with Gasteiger partial charge in [0.15, 0.2) is 11.5 Å². The minimum atomic E-state index is -0.449. The van der Waals surface area contributed by atoms with Crippen LogP contribution in [0.1, 0.15) is 25.3 Å². The second kappa shape index (κ2) is 9.84. The Hall–Kier alpha value is -2.74. The normalized spacial score (nSPS) is 18.8. The van der Waals surface area contributed by atoms with E-state index in [4.69, 9.17) is 9.47 Å². The number of imide groups is 1. The highest BCUT2D eigenvalue weighted by molar-refractivity contribution is 8.18. The number of carbonyl (C=O) groups is 3.